The van der Waals surface area contributed by atoms with Crippen molar-refractivity contribution in [3.63, 3.8) is 0 Å². The van der Waals surface area contributed by atoms with E-state index in [1.165, 1.54) is 0 Å². The van der Waals surface area contributed by atoms with Crippen molar-refractivity contribution in [3.05, 3.63) is 71.1 Å². The molecular formula is C25H26ClN5O2. The Labute approximate surface area is 198 Å². The van der Waals surface area contributed by atoms with Crippen LogP contribution in [0.4, 0.5) is 5.82 Å². The standard InChI is InChI=1S/C25H26ClN5O2/c1-17-6-2-10-22(28-17)30-23(32)11-4-12-24(33)31-15-5-9-21(31)20-13-14-27-25(29-20)18-7-3-8-19(26)16-18/h2-3,6-8,10,13-14,16,21H,4-5,9,11-12,15H2,1H3,(H,28,30,32). The molecule has 8 heteroatoms. The molecule has 4 rings (SSSR count). The van der Waals surface area contributed by atoms with Crippen LogP contribution in [0, 0.1) is 6.92 Å². The highest BCUT2D eigenvalue weighted by molar-refractivity contribution is 6.30. The minimum atomic E-state index is -0.138. The Balaban J connectivity index is 1.35. The van der Waals surface area contributed by atoms with Gasteiger partial charge in [0.1, 0.15) is 5.82 Å². The molecule has 2 amide bonds. The van der Waals surface area contributed by atoms with Gasteiger partial charge in [0.2, 0.25) is 11.8 Å². The smallest absolute Gasteiger partial charge is 0.225 e. The molecule has 33 heavy (non-hydrogen) atoms. The lowest BCUT2D eigenvalue weighted by atomic mass is 10.1. The lowest BCUT2D eigenvalue weighted by Gasteiger charge is -2.24. The van der Waals surface area contributed by atoms with Crippen molar-refractivity contribution in [2.45, 2.75) is 45.1 Å². The predicted molar refractivity (Wildman–Crippen MR) is 128 cm³/mol. The number of aromatic nitrogens is 3. The number of carbonyl (C=O) groups is 2. The molecule has 1 unspecified atom stereocenters. The molecule has 1 aliphatic rings. The second kappa shape index (κ2) is 10.5. The summed E-state index contributed by atoms with van der Waals surface area (Å²) in [5, 5.41) is 3.41. The minimum absolute atomic E-state index is 0.0434. The van der Waals surface area contributed by atoms with Gasteiger partial charge in [0.05, 0.1) is 11.7 Å². The van der Waals surface area contributed by atoms with Crippen LogP contribution in [0.15, 0.2) is 54.7 Å². The van der Waals surface area contributed by atoms with Crippen LogP contribution in [0.25, 0.3) is 11.4 Å². The number of likely N-dealkylation sites (tertiary alicyclic amines) is 1. The number of benzene rings is 1. The van der Waals surface area contributed by atoms with Crippen LogP contribution in [0.2, 0.25) is 5.02 Å². The van der Waals surface area contributed by atoms with Crippen LogP contribution in [0.3, 0.4) is 0 Å². The number of carbonyl (C=O) groups excluding carboxylic acids is 2. The molecule has 1 fully saturated rings. The third kappa shape index (κ3) is 5.93. The van der Waals surface area contributed by atoms with Gasteiger partial charge in [0.15, 0.2) is 5.82 Å². The third-order valence-electron chi connectivity index (χ3n) is 5.62. The fourth-order valence-corrected chi connectivity index (χ4v) is 4.25. The molecule has 0 bridgehead atoms. The number of amides is 2. The molecule has 1 aliphatic heterocycles. The van der Waals surface area contributed by atoms with Gasteiger partial charge >= 0.3 is 0 Å². The van der Waals surface area contributed by atoms with E-state index in [4.69, 9.17) is 16.6 Å². The highest BCUT2D eigenvalue weighted by Gasteiger charge is 2.30. The number of nitrogens with one attached hydrogen (secondary N) is 1. The van der Waals surface area contributed by atoms with Crippen LogP contribution in [0.5, 0.6) is 0 Å². The summed E-state index contributed by atoms with van der Waals surface area (Å²) in [6.45, 7) is 2.57. The zero-order valence-electron chi connectivity index (χ0n) is 18.5. The third-order valence-corrected chi connectivity index (χ3v) is 5.86. The molecule has 3 aromatic rings. The number of halogens is 1. The van der Waals surface area contributed by atoms with Gasteiger partial charge in [-0.15, -0.1) is 0 Å². The first kappa shape index (κ1) is 22.9. The Hall–Kier alpha value is -3.32. The average Bonchev–Trinajstić information content (AvgIpc) is 3.29. The van der Waals surface area contributed by atoms with Crippen LogP contribution in [0.1, 0.15) is 49.5 Å². The summed E-state index contributed by atoms with van der Waals surface area (Å²) in [5.74, 6) is 1.03. The maximum atomic E-state index is 12.9. The summed E-state index contributed by atoms with van der Waals surface area (Å²) in [4.78, 5) is 40.4. The second-order valence-electron chi connectivity index (χ2n) is 8.13. The normalized spacial score (nSPS) is 15.5. The summed E-state index contributed by atoms with van der Waals surface area (Å²) in [5.41, 5.74) is 2.51. The number of aryl methyl sites for hydroxylation is 1. The van der Waals surface area contributed by atoms with Gasteiger partial charge < -0.3 is 10.2 Å². The van der Waals surface area contributed by atoms with Gasteiger partial charge in [0, 0.05) is 41.9 Å². The maximum Gasteiger partial charge on any atom is 0.225 e. The summed E-state index contributed by atoms with van der Waals surface area (Å²) >= 11 is 6.11. The number of hydrogen-bond acceptors (Lipinski definition) is 5. The van der Waals surface area contributed by atoms with E-state index in [0.717, 1.165) is 29.8 Å². The monoisotopic (exact) mass is 463 g/mol. The Morgan fingerprint density at radius 1 is 1.12 bits per heavy atom. The molecule has 0 spiro atoms. The number of hydrogen-bond donors (Lipinski definition) is 1. The molecule has 1 N–H and O–H groups in total. The van der Waals surface area contributed by atoms with E-state index >= 15 is 0 Å². The molecule has 0 aliphatic carbocycles. The second-order valence-corrected chi connectivity index (χ2v) is 8.56. The molecule has 2 aromatic heterocycles. The Bertz CT molecular complexity index is 1150. The average molecular weight is 464 g/mol. The molecule has 3 heterocycles. The van der Waals surface area contributed by atoms with E-state index in [1.54, 1.807) is 12.3 Å². The summed E-state index contributed by atoms with van der Waals surface area (Å²) in [6.07, 6.45) is 4.58. The van der Waals surface area contributed by atoms with Gasteiger partial charge in [-0.25, -0.2) is 15.0 Å². The maximum absolute atomic E-state index is 12.9. The number of pyridine rings is 1. The highest BCUT2D eigenvalue weighted by atomic mass is 35.5. The van der Waals surface area contributed by atoms with Gasteiger partial charge in [-0.3, -0.25) is 9.59 Å². The molecular weight excluding hydrogens is 438 g/mol. The molecule has 1 aromatic carbocycles. The van der Waals surface area contributed by atoms with Crippen molar-refractivity contribution < 1.29 is 9.59 Å². The van der Waals surface area contributed by atoms with Crippen LogP contribution >= 0.6 is 11.6 Å². The van der Waals surface area contributed by atoms with E-state index in [2.05, 4.69) is 15.3 Å². The van der Waals surface area contributed by atoms with Gasteiger partial charge in [0.25, 0.3) is 0 Å². The zero-order valence-corrected chi connectivity index (χ0v) is 19.3. The molecule has 1 atom stereocenters. The zero-order chi connectivity index (χ0) is 23.2. The number of nitrogens with zero attached hydrogens (tertiary/aromatic N) is 4. The number of anilines is 1. The lowest BCUT2D eigenvalue weighted by Crippen LogP contribution is -2.31. The Kier molecular flexibility index (Phi) is 7.29. The molecule has 1 saturated heterocycles. The first-order valence-corrected chi connectivity index (χ1v) is 11.5. The lowest BCUT2D eigenvalue weighted by molar-refractivity contribution is -0.132. The van der Waals surface area contributed by atoms with Crippen LogP contribution in [-0.4, -0.2) is 38.2 Å². The minimum Gasteiger partial charge on any atom is -0.334 e. The summed E-state index contributed by atoms with van der Waals surface area (Å²) in [6, 6.07) is 14.7. The Morgan fingerprint density at radius 3 is 2.79 bits per heavy atom. The van der Waals surface area contributed by atoms with Crippen LogP contribution in [-0.2, 0) is 9.59 Å². The van der Waals surface area contributed by atoms with Crippen molar-refractivity contribution >= 4 is 29.2 Å². The predicted octanol–water partition coefficient (Wildman–Crippen LogP) is 4.97. The first-order chi connectivity index (χ1) is 16.0. The summed E-state index contributed by atoms with van der Waals surface area (Å²) in [7, 11) is 0. The van der Waals surface area contributed by atoms with E-state index in [-0.39, 0.29) is 24.3 Å². The van der Waals surface area contributed by atoms with Crippen molar-refractivity contribution in [2.75, 3.05) is 11.9 Å². The molecule has 170 valence electrons. The molecule has 0 radical (unpaired) electrons. The molecule has 7 nitrogen and oxygen atoms in total. The van der Waals surface area contributed by atoms with Crippen molar-refractivity contribution in [3.8, 4) is 11.4 Å². The van der Waals surface area contributed by atoms with Gasteiger partial charge in [-0.05, 0) is 56.5 Å². The SMILES string of the molecule is Cc1cccc(NC(=O)CCCC(=O)N2CCCC2c2ccnc(-c3cccc(Cl)c3)n2)n1. The largest absolute Gasteiger partial charge is 0.334 e. The molecule has 0 saturated carbocycles. The fraction of sp³-hybridized carbons (Fsp3) is 0.320. The van der Waals surface area contributed by atoms with E-state index in [9.17, 15) is 9.59 Å². The van der Waals surface area contributed by atoms with E-state index < -0.39 is 0 Å². The van der Waals surface area contributed by atoms with E-state index in [0.29, 0.717) is 36.1 Å². The Morgan fingerprint density at radius 2 is 1.97 bits per heavy atom. The van der Waals surface area contributed by atoms with Crippen molar-refractivity contribution in [2.24, 2.45) is 0 Å². The van der Waals surface area contributed by atoms with Gasteiger partial charge in [-0.2, -0.15) is 0 Å². The topological polar surface area (TPSA) is 88.1 Å². The summed E-state index contributed by atoms with van der Waals surface area (Å²) < 4.78 is 0. The quantitative estimate of drug-likeness (QED) is 0.534. The van der Waals surface area contributed by atoms with Crippen molar-refractivity contribution in [1.82, 2.24) is 19.9 Å². The van der Waals surface area contributed by atoms with Crippen LogP contribution < -0.4 is 5.32 Å². The number of rotatable bonds is 7. The van der Waals surface area contributed by atoms with Crippen molar-refractivity contribution in [1.29, 1.82) is 0 Å². The first-order valence-electron chi connectivity index (χ1n) is 11.1. The highest BCUT2D eigenvalue weighted by Crippen LogP contribution is 2.32. The fourth-order valence-electron chi connectivity index (χ4n) is 4.06. The van der Waals surface area contributed by atoms with E-state index in [1.807, 2.05) is 54.3 Å². The van der Waals surface area contributed by atoms with Gasteiger partial charge in [-0.1, -0.05) is 29.8 Å².